The molecule has 0 fully saturated rings. The highest BCUT2D eigenvalue weighted by Crippen LogP contribution is 2.13. The lowest BCUT2D eigenvalue weighted by atomic mass is 10.0. The first kappa shape index (κ1) is 12.2. The largest absolute Gasteiger partial charge is 0.342 e. The van der Waals surface area contributed by atoms with Gasteiger partial charge < -0.3 is 5.32 Å². The minimum atomic E-state index is -0.561. The highest BCUT2D eigenvalue weighted by atomic mass is 16.2. The van der Waals surface area contributed by atoms with E-state index >= 15 is 0 Å². The molecule has 1 aromatic rings. The lowest BCUT2D eigenvalue weighted by Gasteiger charge is -2.15. The van der Waals surface area contributed by atoms with Crippen LogP contribution in [0.25, 0.3) is 0 Å². The highest BCUT2D eigenvalue weighted by Gasteiger charge is 2.17. The molecule has 1 rings (SSSR count). The van der Waals surface area contributed by atoms with E-state index in [0.29, 0.717) is 0 Å². The van der Waals surface area contributed by atoms with E-state index in [1.54, 1.807) is 0 Å². The van der Waals surface area contributed by atoms with Crippen molar-refractivity contribution in [2.75, 3.05) is 0 Å². The Morgan fingerprint density at radius 1 is 1.38 bits per heavy atom. The van der Waals surface area contributed by atoms with Gasteiger partial charge in [0.25, 0.3) is 0 Å². The molecule has 1 N–H and O–H groups in total. The van der Waals surface area contributed by atoms with E-state index in [2.05, 4.69) is 11.9 Å². The molecule has 0 aliphatic rings. The first-order valence-corrected chi connectivity index (χ1v) is 5.11. The van der Waals surface area contributed by atoms with E-state index in [0.717, 1.165) is 5.56 Å². The second-order valence-electron chi connectivity index (χ2n) is 3.51. The average Bonchev–Trinajstić information content (AvgIpc) is 2.27. The van der Waals surface area contributed by atoms with E-state index in [1.807, 2.05) is 30.3 Å². The molecular weight excluding hydrogens is 202 g/mol. The molecule has 1 atom stereocenters. The number of hydrogen-bond acceptors (Lipinski definition) is 2. The van der Waals surface area contributed by atoms with Crippen molar-refractivity contribution in [3.05, 3.63) is 48.6 Å². The van der Waals surface area contributed by atoms with Gasteiger partial charge in [-0.2, -0.15) is 0 Å². The first-order chi connectivity index (χ1) is 7.65. The second-order valence-corrected chi connectivity index (χ2v) is 3.51. The van der Waals surface area contributed by atoms with Crippen molar-refractivity contribution in [3.8, 4) is 0 Å². The van der Waals surface area contributed by atoms with E-state index in [-0.39, 0.29) is 18.1 Å². The fraction of sp³-hybridized carbons (Fsp3) is 0.231. The summed E-state index contributed by atoms with van der Waals surface area (Å²) in [6.45, 7) is 4.94. The second kappa shape index (κ2) is 5.85. The molecule has 0 saturated heterocycles. The number of rotatable bonds is 5. The summed E-state index contributed by atoms with van der Waals surface area (Å²) in [6.07, 6.45) is 1.73. The summed E-state index contributed by atoms with van der Waals surface area (Å²) in [5, 5.41) is 2.67. The highest BCUT2D eigenvalue weighted by molar-refractivity contribution is 5.88. The number of Topliss-reactive ketones (excluding diaryl/α,β-unsaturated/α-hetero) is 1. The zero-order chi connectivity index (χ0) is 12.0. The molecule has 84 valence electrons. The van der Waals surface area contributed by atoms with E-state index < -0.39 is 6.04 Å². The molecule has 0 radical (unpaired) electrons. The van der Waals surface area contributed by atoms with Gasteiger partial charge in [-0.3, -0.25) is 9.59 Å². The van der Waals surface area contributed by atoms with Gasteiger partial charge in [-0.1, -0.05) is 36.4 Å². The summed E-state index contributed by atoms with van der Waals surface area (Å²) in [5.74, 6) is -0.275. The number of carbonyl (C=O) groups excluding carboxylic acids is 2. The summed E-state index contributed by atoms with van der Waals surface area (Å²) >= 11 is 0. The lowest BCUT2D eigenvalue weighted by molar-refractivity contribution is -0.126. The van der Waals surface area contributed by atoms with Crippen molar-refractivity contribution in [1.82, 2.24) is 5.32 Å². The average molecular weight is 217 g/mol. The van der Waals surface area contributed by atoms with Gasteiger partial charge in [-0.05, 0) is 12.5 Å². The van der Waals surface area contributed by atoms with Gasteiger partial charge >= 0.3 is 0 Å². The maximum atomic E-state index is 11.4. The number of amides is 1. The molecule has 1 amide bonds. The molecule has 0 saturated carbocycles. The Morgan fingerprint density at radius 2 is 2.00 bits per heavy atom. The van der Waals surface area contributed by atoms with Crippen LogP contribution in [0, 0.1) is 0 Å². The van der Waals surface area contributed by atoms with Crippen LogP contribution in [0.4, 0.5) is 0 Å². The smallest absolute Gasteiger partial charge is 0.224 e. The molecule has 3 heteroatoms. The number of hydrogen-bond donors (Lipinski definition) is 1. The Bertz CT molecular complexity index is 384. The number of carbonyl (C=O) groups is 2. The molecule has 3 nitrogen and oxygen atoms in total. The van der Waals surface area contributed by atoms with Gasteiger partial charge in [0.1, 0.15) is 6.04 Å². The van der Waals surface area contributed by atoms with E-state index in [9.17, 15) is 9.59 Å². The maximum Gasteiger partial charge on any atom is 0.224 e. The summed E-state index contributed by atoms with van der Waals surface area (Å²) in [4.78, 5) is 22.8. The standard InChI is InChI=1S/C13H15NO2/c1-3-7-12(16)14-13(10(2)15)11-8-5-4-6-9-11/h3-6,8-9,13H,1,7H2,2H3,(H,14,16). The van der Waals surface area contributed by atoms with Crippen LogP contribution < -0.4 is 5.32 Å². The summed E-state index contributed by atoms with van der Waals surface area (Å²) < 4.78 is 0. The maximum absolute atomic E-state index is 11.4. The summed E-state index contributed by atoms with van der Waals surface area (Å²) in [5.41, 5.74) is 0.799. The van der Waals surface area contributed by atoms with Gasteiger partial charge in [0.15, 0.2) is 5.78 Å². The zero-order valence-corrected chi connectivity index (χ0v) is 9.27. The fourth-order valence-electron chi connectivity index (χ4n) is 1.42. The van der Waals surface area contributed by atoms with Crippen molar-refractivity contribution in [3.63, 3.8) is 0 Å². The van der Waals surface area contributed by atoms with Crippen LogP contribution in [0.3, 0.4) is 0 Å². The zero-order valence-electron chi connectivity index (χ0n) is 9.27. The van der Waals surface area contributed by atoms with E-state index in [4.69, 9.17) is 0 Å². The molecule has 0 aliphatic carbocycles. The third-order valence-corrected chi connectivity index (χ3v) is 2.17. The molecule has 16 heavy (non-hydrogen) atoms. The Morgan fingerprint density at radius 3 is 2.50 bits per heavy atom. The molecule has 0 spiro atoms. The van der Waals surface area contributed by atoms with Crippen molar-refractivity contribution in [1.29, 1.82) is 0 Å². The first-order valence-electron chi connectivity index (χ1n) is 5.11. The van der Waals surface area contributed by atoms with Crippen molar-refractivity contribution in [2.45, 2.75) is 19.4 Å². The van der Waals surface area contributed by atoms with Gasteiger partial charge in [-0.15, -0.1) is 6.58 Å². The van der Waals surface area contributed by atoms with Crippen LogP contribution in [-0.4, -0.2) is 11.7 Å². The molecule has 1 aromatic carbocycles. The lowest BCUT2D eigenvalue weighted by Crippen LogP contribution is -2.32. The minimum absolute atomic E-state index is 0.0800. The Balaban J connectivity index is 2.80. The van der Waals surface area contributed by atoms with Crippen molar-refractivity contribution in [2.24, 2.45) is 0 Å². The molecule has 0 aliphatic heterocycles. The van der Waals surface area contributed by atoms with E-state index in [1.165, 1.54) is 13.0 Å². The van der Waals surface area contributed by atoms with Crippen molar-refractivity contribution < 1.29 is 9.59 Å². The van der Waals surface area contributed by atoms with Crippen LogP contribution in [0.2, 0.25) is 0 Å². The number of ketones is 1. The fourth-order valence-corrected chi connectivity index (χ4v) is 1.42. The quantitative estimate of drug-likeness (QED) is 0.767. The van der Waals surface area contributed by atoms with Crippen LogP contribution in [0.5, 0.6) is 0 Å². The van der Waals surface area contributed by atoms with Gasteiger partial charge in [-0.25, -0.2) is 0 Å². The van der Waals surface area contributed by atoms with Crippen molar-refractivity contribution >= 4 is 11.7 Å². The normalized spacial score (nSPS) is 11.6. The van der Waals surface area contributed by atoms with Gasteiger partial charge in [0.05, 0.1) is 0 Å². The Kier molecular flexibility index (Phi) is 4.45. The topological polar surface area (TPSA) is 46.2 Å². The predicted molar refractivity (Wildman–Crippen MR) is 62.8 cm³/mol. The third kappa shape index (κ3) is 3.35. The SMILES string of the molecule is C=CCC(=O)NC(C(C)=O)c1ccccc1. The number of nitrogens with one attached hydrogen (secondary N) is 1. The van der Waals surface area contributed by atoms with Crippen LogP contribution in [0.1, 0.15) is 24.9 Å². The summed E-state index contributed by atoms with van der Waals surface area (Å²) in [7, 11) is 0. The van der Waals surface area contributed by atoms with Gasteiger partial charge in [0, 0.05) is 6.42 Å². The minimum Gasteiger partial charge on any atom is -0.342 e. The Labute approximate surface area is 95.2 Å². The van der Waals surface area contributed by atoms with Crippen LogP contribution >= 0.6 is 0 Å². The monoisotopic (exact) mass is 217 g/mol. The molecule has 0 bridgehead atoms. The molecule has 0 heterocycles. The number of benzene rings is 1. The molecule has 1 unspecified atom stereocenters. The van der Waals surface area contributed by atoms with Crippen LogP contribution in [0.15, 0.2) is 43.0 Å². The van der Waals surface area contributed by atoms with Gasteiger partial charge in [0.2, 0.25) is 5.91 Å². The molecule has 0 aromatic heterocycles. The summed E-state index contributed by atoms with van der Waals surface area (Å²) in [6, 6.07) is 8.62. The third-order valence-electron chi connectivity index (χ3n) is 2.17. The predicted octanol–water partition coefficient (Wildman–Crippen LogP) is 2.01. The Hall–Kier alpha value is -1.90. The molecular formula is C13H15NO2. The van der Waals surface area contributed by atoms with Crippen LogP contribution in [-0.2, 0) is 9.59 Å².